The minimum Gasteiger partial charge on any atom is -0.326 e. The number of aryl methyl sites for hydroxylation is 1. The van der Waals surface area contributed by atoms with Crippen molar-refractivity contribution in [3.63, 3.8) is 0 Å². The van der Waals surface area contributed by atoms with Gasteiger partial charge in [0.15, 0.2) is 0 Å². The summed E-state index contributed by atoms with van der Waals surface area (Å²) in [6.07, 6.45) is 0. The van der Waals surface area contributed by atoms with Crippen LogP contribution in [0.2, 0.25) is 0 Å². The Kier molecular flexibility index (Phi) is 4.07. The summed E-state index contributed by atoms with van der Waals surface area (Å²) in [5, 5.41) is 8.64. The number of hydrogen-bond donors (Lipinski definition) is 0. The van der Waals surface area contributed by atoms with E-state index < -0.39 is 0 Å². The Labute approximate surface area is 96.3 Å². The van der Waals surface area contributed by atoms with E-state index in [-0.39, 0.29) is 12.5 Å². The lowest BCUT2D eigenvalue weighted by atomic mass is 10.0. The lowest BCUT2D eigenvalue weighted by Crippen LogP contribution is -2.31. The second-order valence-electron chi connectivity index (χ2n) is 3.72. The van der Waals surface area contributed by atoms with Gasteiger partial charge in [0.1, 0.15) is 6.54 Å². The van der Waals surface area contributed by atoms with Gasteiger partial charge in [0.05, 0.1) is 6.07 Å². The molecular weight excluding hydrogens is 200 g/mol. The quantitative estimate of drug-likeness (QED) is 0.727. The number of carbonyl (C=O) groups is 1. The molecule has 0 saturated carbocycles. The summed E-state index contributed by atoms with van der Waals surface area (Å²) in [4.78, 5) is 13.7. The molecule has 0 N–H and O–H groups in total. The van der Waals surface area contributed by atoms with Crippen molar-refractivity contribution in [2.24, 2.45) is 0 Å². The fraction of sp³-hybridized carbons (Fsp3) is 0.385. The fourth-order valence-corrected chi connectivity index (χ4v) is 1.57. The Morgan fingerprint density at radius 2 is 2.12 bits per heavy atom. The lowest BCUT2D eigenvalue weighted by Gasteiger charge is -2.18. The summed E-state index contributed by atoms with van der Waals surface area (Å²) in [5.74, 6) is -0.0646. The number of nitriles is 1. The highest BCUT2D eigenvalue weighted by Gasteiger charge is 2.16. The number of rotatable bonds is 3. The van der Waals surface area contributed by atoms with Crippen LogP contribution >= 0.6 is 0 Å². The second-order valence-corrected chi connectivity index (χ2v) is 3.72. The Hall–Kier alpha value is -1.82. The van der Waals surface area contributed by atoms with Crippen LogP contribution in [0, 0.1) is 25.2 Å². The van der Waals surface area contributed by atoms with Crippen molar-refractivity contribution in [3.05, 3.63) is 34.9 Å². The summed E-state index contributed by atoms with van der Waals surface area (Å²) in [6, 6.07) is 7.67. The van der Waals surface area contributed by atoms with E-state index in [2.05, 4.69) is 0 Å². The lowest BCUT2D eigenvalue weighted by molar-refractivity contribution is 0.0783. The van der Waals surface area contributed by atoms with Gasteiger partial charge in [-0.25, -0.2) is 0 Å². The molecule has 16 heavy (non-hydrogen) atoms. The third-order valence-corrected chi connectivity index (χ3v) is 2.77. The zero-order chi connectivity index (χ0) is 12.1. The monoisotopic (exact) mass is 216 g/mol. The van der Waals surface area contributed by atoms with Crippen LogP contribution in [-0.2, 0) is 0 Å². The maximum atomic E-state index is 12.1. The molecule has 0 spiro atoms. The Morgan fingerprint density at radius 3 is 2.69 bits per heavy atom. The van der Waals surface area contributed by atoms with E-state index in [0.717, 1.165) is 11.1 Å². The van der Waals surface area contributed by atoms with E-state index in [1.165, 1.54) is 0 Å². The van der Waals surface area contributed by atoms with E-state index in [1.807, 2.05) is 45.0 Å². The van der Waals surface area contributed by atoms with Crippen LogP contribution in [0.25, 0.3) is 0 Å². The van der Waals surface area contributed by atoms with Gasteiger partial charge in [-0.2, -0.15) is 5.26 Å². The normalized spacial score (nSPS) is 9.62. The van der Waals surface area contributed by atoms with Gasteiger partial charge < -0.3 is 4.90 Å². The van der Waals surface area contributed by atoms with Gasteiger partial charge >= 0.3 is 0 Å². The van der Waals surface area contributed by atoms with Crippen LogP contribution in [0.1, 0.15) is 28.4 Å². The molecule has 1 aromatic rings. The molecule has 1 amide bonds. The Balaban J connectivity index is 3.05. The molecule has 0 aliphatic rings. The Bertz CT molecular complexity index is 432. The van der Waals surface area contributed by atoms with Gasteiger partial charge in [0.2, 0.25) is 0 Å². The van der Waals surface area contributed by atoms with Gasteiger partial charge in [-0.05, 0) is 38.0 Å². The molecule has 84 valence electrons. The summed E-state index contributed by atoms with van der Waals surface area (Å²) in [5.41, 5.74) is 2.78. The van der Waals surface area contributed by atoms with E-state index >= 15 is 0 Å². The summed E-state index contributed by atoms with van der Waals surface area (Å²) in [7, 11) is 0. The topological polar surface area (TPSA) is 44.1 Å². The van der Waals surface area contributed by atoms with Crippen molar-refractivity contribution in [1.82, 2.24) is 4.90 Å². The van der Waals surface area contributed by atoms with Crippen molar-refractivity contribution in [3.8, 4) is 6.07 Å². The molecule has 1 aromatic carbocycles. The number of amides is 1. The van der Waals surface area contributed by atoms with Crippen molar-refractivity contribution >= 4 is 5.91 Å². The number of nitrogens with zero attached hydrogens (tertiary/aromatic N) is 2. The Morgan fingerprint density at radius 1 is 1.44 bits per heavy atom. The zero-order valence-corrected chi connectivity index (χ0v) is 9.95. The molecule has 0 aromatic heterocycles. The van der Waals surface area contributed by atoms with Crippen LogP contribution < -0.4 is 0 Å². The van der Waals surface area contributed by atoms with Crippen molar-refractivity contribution in [2.75, 3.05) is 13.1 Å². The fourth-order valence-electron chi connectivity index (χ4n) is 1.57. The average molecular weight is 216 g/mol. The molecule has 0 aliphatic carbocycles. The molecule has 3 nitrogen and oxygen atoms in total. The van der Waals surface area contributed by atoms with Crippen LogP contribution in [-0.4, -0.2) is 23.9 Å². The van der Waals surface area contributed by atoms with Gasteiger partial charge in [0, 0.05) is 12.1 Å². The van der Waals surface area contributed by atoms with Crippen LogP contribution in [0.4, 0.5) is 0 Å². The first-order valence-corrected chi connectivity index (χ1v) is 5.34. The third kappa shape index (κ3) is 2.40. The predicted molar refractivity (Wildman–Crippen MR) is 63.1 cm³/mol. The number of benzene rings is 1. The average Bonchev–Trinajstić information content (AvgIpc) is 2.29. The molecular formula is C13H16N2O. The first-order valence-electron chi connectivity index (χ1n) is 5.34. The maximum absolute atomic E-state index is 12.1. The minimum atomic E-state index is -0.0646. The third-order valence-electron chi connectivity index (χ3n) is 2.77. The van der Waals surface area contributed by atoms with E-state index in [0.29, 0.717) is 12.1 Å². The largest absolute Gasteiger partial charge is 0.326 e. The summed E-state index contributed by atoms with van der Waals surface area (Å²) >= 11 is 0. The number of hydrogen-bond acceptors (Lipinski definition) is 2. The standard InChI is InChI=1S/C13H16N2O/c1-4-15(9-8-14)13(16)12-7-5-6-10(2)11(12)3/h5-7H,4,9H2,1-3H3. The van der Waals surface area contributed by atoms with Gasteiger partial charge in [-0.1, -0.05) is 12.1 Å². The highest BCUT2D eigenvalue weighted by atomic mass is 16.2. The van der Waals surface area contributed by atoms with E-state index in [9.17, 15) is 4.79 Å². The van der Waals surface area contributed by atoms with Crippen molar-refractivity contribution < 1.29 is 4.79 Å². The van der Waals surface area contributed by atoms with Gasteiger partial charge in [0.25, 0.3) is 5.91 Å². The molecule has 0 atom stereocenters. The summed E-state index contributed by atoms with van der Waals surface area (Å²) < 4.78 is 0. The molecule has 3 heteroatoms. The molecule has 0 unspecified atom stereocenters. The molecule has 1 rings (SSSR count). The molecule has 0 aliphatic heterocycles. The molecule has 0 bridgehead atoms. The highest BCUT2D eigenvalue weighted by Crippen LogP contribution is 2.14. The van der Waals surface area contributed by atoms with Crippen LogP contribution in [0.3, 0.4) is 0 Å². The molecule has 0 saturated heterocycles. The first kappa shape index (κ1) is 12.3. The SMILES string of the molecule is CCN(CC#N)C(=O)c1cccc(C)c1C. The molecule has 0 radical (unpaired) electrons. The molecule has 0 heterocycles. The van der Waals surface area contributed by atoms with Crippen LogP contribution in [0.15, 0.2) is 18.2 Å². The summed E-state index contributed by atoms with van der Waals surface area (Å²) in [6.45, 7) is 6.48. The smallest absolute Gasteiger partial charge is 0.254 e. The number of carbonyl (C=O) groups excluding carboxylic acids is 1. The first-order chi connectivity index (χ1) is 7.61. The van der Waals surface area contributed by atoms with E-state index in [4.69, 9.17) is 5.26 Å². The predicted octanol–water partition coefficient (Wildman–Crippen LogP) is 2.29. The molecule has 0 fully saturated rings. The van der Waals surface area contributed by atoms with Crippen molar-refractivity contribution in [1.29, 1.82) is 5.26 Å². The van der Waals surface area contributed by atoms with Gasteiger partial charge in [-0.3, -0.25) is 4.79 Å². The van der Waals surface area contributed by atoms with E-state index in [1.54, 1.807) is 4.90 Å². The van der Waals surface area contributed by atoms with Crippen LogP contribution in [0.5, 0.6) is 0 Å². The van der Waals surface area contributed by atoms with Crippen molar-refractivity contribution in [2.45, 2.75) is 20.8 Å². The maximum Gasteiger partial charge on any atom is 0.254 e. The van der Waals surface area contributed by atoms with Gasteiger partial charge in [-0.15, -0.1) is 0 Å². The second kappa shape index (κ2) is 5.32. The zero-order valence-electron chi connectivity index (χ0n) is 9.95. The highest BCUT2D eigenvalue weighted by molar-refractivity contribution is 5.96. The minimum absolute atomic E-state index is 0.0646.